The number of allylic oxidation sites excluding steroid dienone is 1. The van der Waals surface area contributed by atoms with E-state index in [0.29, 0.717) is 11.5 Å². The fourth-order valence-electron chi connectivity index (χ4n) is 4.04. The third kappa shape index (κ3) is 4.79. The van der Waals surface area contributed by atoms with Crippen molar-refractivity contribution in [2.24, 2.45) is 11.8 Å². The van der Waals surface area contributed by atoms with Gasteiger partial charge in [-0.1, -0.05) is 39.3 Å². The van der Waals surface area contributed by atoms with Crippen molar-refractivity contribution in [2.75, 3.05) is 13.7 Å². The Hall–Kier alpha value is -0.203. The summed E-state index contributed by atoms with van der Waals surface area (Å²) < 4.78 is 18.3. The van der Waals surface area contributed by atoms with E-state index in [1.807, 2.05) is 0 Å². The first-order valence-electron chi connectivity index (χ1n) is 10.2. The minimum atomic E-state index is -1.86. The lowest BCUT2D eigenvalue weighted by molar-refractivity contribution is -0.135. The molecule has 5 heteroatoms. The van der Waals surface area contributed by atoms with Crippen LogP contribution in [-0.2, 0) is 13.9 Å². The third-order valence-corrected chi connectivity index (χ3v) is 10.2. The van der Waals surface area contributed by atoms with Gasteiger partial charge in [-0.3, -0.25) is 0 Å². The van der Waals surface area contributed by atoms with E-state index in [0.717, 1.165) is 19.4 Å². The Kier molecular flexibility index (Phi) is 7.17. The molecule has 0 radical (unpaired) electrons. The van der Waals surface area contributed by atoms with E-state index < -0.39 is 14.4 Å². The lowest BCUT2D eigenvalue weighted by Crippen LogP contribution is -2.58. The summed E-state index contributed by atoms with van der Waals surface area (Å²) in [5, 5.41) is 11.1. The van der Waals surface area contributed by atoms with Gasteiger partial charge in [-0.25, -0.2) is 0 Å². The highest BCUT2D eigenvalue weighted by Gasteiger charge is 2.62. The smallest absolute Gasteiger partial charge is 0.189 e. The van der Waals surface area contributed by atoms with Crippen molar-refractivity contribution in [3.8, 4) is 0 Å². The number of ether oxygens (including phenoxy) is 2. The number of epoxide rings is 1. The topological polar surface area (TPSA) is 51.2 Å². The molecule has 0 amide bonds. The SMILES string of the molecule is COC1C(O)C(O[Si](C)(C)C(C)C)CC2(CO2)C1/C(C)=C/CCC(C)C. The minimum absolute atomic E-state index is 0.110. The summed E-state index contributed by atoms with van der Waals surface area (Å²) in [6.07, 6.45) is 4.24. The summed E-state index contributed by atoms with van der Waals surface area (Å²) in [5.41, 5.74) is 1.57. The second-order valence-electron chi connectivity index (χ2n) is 9.56. The van der Waals surface area contributed by atoms with Gasteiger partial charge in [0.2, 0.25) is 0 Å². The van der Waals surface area contributed by atoms with Crippen LogP contribution >= 0.6 is 0 Å². The van der Waals surface area contributed by atoms with Crippen molar-refractivity contribution in [2.45, 2.75) is 96.4 Å². The zero-order valence-electron chi connectivity index (χ0n) is 18.0. The molecule has 4 nitrogen and oxygen atoms in total. The quantitative estimate of drug-likeness (QED) is 0.379. The number of methoxy groups -OCH3 is 1. The molecular weight excluding hydrogens is 344 g/mol. The van der Waals surface area contributed by atoms with Crippen molar-refractivity contribution in [1.29, 1.82) is 0 Å². The fraction of sp³-hybridized carbons (Fsp3) is 0.905. The van der Waals surface area contributed by atoms with Crippen LogP contribution in [0.5, 0.6) is 0 Å². The Morgan fingerprint density at radius 2 is 1.92 bits per heavy atom. The molecular formula is C21H40O4Si. The standard InChI is InChI=1S/C21H40O4Si/c1-14(2)10-9-11-16(5)18-20(23-6)19(22)17(12-21(18)13-24-21)25-26(7,8)15(3)4/h11,14-15,17-20,22H,9-10,12-13H2,1-8H3/b16-11+. The minimum Gasteiger partial charge on any atom is -0.411 e. The molecule has 0 bridgehead atoms. The first-order chi connectivity index (χ1) is 12.0. The molecule has 2 rings (SSSR count). The van der Waals surface area contributed by atoms with Crippen LogP contribution in [0.1, 0.15) is 53.9 Å². The van der Waals surface area contributed by atoms with Gasteiger partial charge in [0.15, 0.2) is 8.32 Å². The fourth-order valence-corrected chi connectivity index (χ4v) is 5.32. The zero-order valence-corrected chi connectivity index (χ0v) is 19.0. The van der Waals surface area contributed by atoms with Crippen LogP contribution in [0, 0.1) is 11.8 Å². The lowest BCUT2D eigenvalue weighted by atomic mass is 9.71. The highest BCUT2D eigenvalue weighted by Crippen LogP contribution is 2.51. The molecule has 2 fully saturated rings. The van der Waals surface area contributed by atoms with Crippen molar-refractivity contribution in [3.05, 3.63) is 11.6 Å². The van der Waals surface area contributed by atoms with Gasteiger partial charge in [-0.2, -0.15) is 0 Å². The molecule has 1 saturated heterocycles. The lowest BCUT2D eigenvalue weighted by Gasteiger charge is -2.46. The zero-order chi connectivity index (χ0) is 19.7. The van der Waals surface area contributed by atoms with E-state index in [1.54, 1.807) is 7.11 Å². The van der Waals surface area contributed by atoms with E-state index in [9.17, 15) is 5.11 Å². The van der Waals surface area contributed by atoms with Crippen molar-refractivity contribution in [3.63, 3.8) is 0 Å². The van der Waals surface area contributed by atoms with E-state index in [2.05, 4.69) is 53.8 Å². The van der Waals surface area contributed by atoms with Crippen molar-refractivity contribution < 1.29 is 19.0 Å². The second kappa shape index (κ2) is 8.44. The Morgan fingerprint density at radius 3 is 2.38 bits per heavy atom. The maximum atomic E-state index is 11.1. The Labute approximate surface area is 161 Å². The highest BCUT2D eigenvalue weighted by atomic mass is 28.4. The van der Waals surface area contributed by atoms with Crippen LogP contribution in [-0.4, -0.2) is 51.1 Å². The molecule has 1 heterocycles. The maximum Gasteiger partial charge on any atom is 0.189 e. The average Bonchev–Trinajstić information content (AvgIpc) is 3.29. The van der Waals surface area contributed by atoms with Gasteiger partial charge < -0.3 is 19.0 Å². The molecule has 0 aromatic rings. The number of hydrogen-bond acceptors (Lipinski definition) is 4. The average molecular weight is 385 g/mol. The molecule has 1 N–H and O–H groups in total. The normalized spacial score (nSPS) is 35.6. The predicted octanol–water partition coefficient (Wildman–Crippen LogP) is 4.53. The summed E-state index contributed by atoms with van der Waals surface area (Å²) in [7, 11) is -0.155. The molecule has 1 aliphatic heterocycles. The van der Waals surface area contributed by atoms with Crippen LogP contribution in [0.25, 0.3) is 0 Å². The second-order valence-corrected chi connectivity index (χ2v) is 14.2. The largest absolute Gasteiger partial charge is 0.411 e. The van der Waals surface area contributed by atoms with E-state index in [4.69, 9.17) is 13.9 Å². The predicted molar refractivity (Wildman–Crippen MR) is 109 cm³/mol. The Balaban J connectivity index is 2.18. The molecule has 0 aromatic heterocycles. The molecule has 1 saturated carbocycles. The van der Waals surface area contributed by atoms with Crippen LogP contribution < -0.4 is 0 Å². The molecule has 5 unspecified atom stereocenters. The van der Waals surface area contributed by atoms with Gasteiger partial charge >= 0.3 is 0 Å². The number of aliphatic hydroxyl groups excluding tert-OH is 1. The molecule has 26 heavy (non-hydrogen) atoms. The Bertz CT molecular complexity index is 496. The van der Waals surface area contributed by atoms with E-state index in [1.165, 1.54) is 12.0 Å². The summed E-state index contributed by atoms with van der Waals surface area (Å²) >= 11 is 0. The van der Waals surface area contributed by atoms with E-state index >= 15 is 0 Å². The molecule has 152 valence electrons. The molecule has 5 atom stereocenters. The summed E-state index contributed by atoms with van der Waals surface area (Å²) in [4.78, 5) is 0. The first-order valence-corrected chi connectivity index (χ1v) is 13.2. The highest BCUT2D eigenvalue weighted by molar-refractivity contribution is 6.72. The van der Waals surface area contributed by atoms with Crippen LogP contribution in [0.2, 0.25) is 18.6 Å². The van der Waals surface area contributed by atoms with E-state index in [-0.39, 0.29) is 23.7 Å². The number of rotatable bonds is 8. The van der Waals surface area contributed by atoms with Gasteiger partial charge in [0.25, 0.3) is 0 Å². The van der Waals surface area contributed by atoms with Crippen molar-refractivity contribution >= 4 is 8.32 Å². The third-order valence-electron chi connectivity index (χ3n) is 6.49. The number of aliphatic hydroxyl groups is 1. The van der Waals surface area contributed by atoms with Gasteiger partial charge in [0.1, 0.15) is 11.7 Å². The van der Waals surface area contributed by atoms with Gasteiger partial charge in [-0.05, 0) is 44.3 Å². The van der Waals surface area contributed by atoms with Crippen LogP contribution in [0.4, 0.5) is 0 Å². The van der Waals surface area contributed by atoms with Gasteiger partial charge in [0, 0.05) is 19.4 Å². The van der Waals surface area contributed by atoms with Gasteiger partial charge in [-0.15, -0.1) is 0 Å². The summed E-state index contributed by atoms with van der Waals surface area (Å²) in [6, 6.07) is 0. The molecule has 1 aliphatic carbocycles. The molecule has 1 spiro atoms. The summed E-state index contributed by atoms with van der Waals surface area (Å²) in [6.45, 7) is 16.3. The first kappa shape index (κ1) is 22.1. The molecule has 0 aromatic carbocycles. The van der Waals surface area contributed by atoms with Crippen molar-refractivity contribution in [1.82, 2.24) is 0 Å². The van der Waals surface area contributed by atoms with Crippen LogP contribution in [0.15, 0.2) is 11.6 Å². The maximum absolute atomic E-state index is 11.1. The van der Waals surface area contributed by atoms with Crippen LogP contribution in [0.3, 0.4) is 0 Å². The monoisotopic (exact) mass is 384 g/mol. The van der Waals surface area contributed by atoms with Gasteiger partial charge in [0.05, 0.1) is 18.8 Å². The Morgan fingerprint density at radius 1 is 1.31 bits per heavy atom. The number of hydrogen-bond donors (Lipinski definition) is 1. The molecule has 2 aliphatic rings. The summed E-state index contributed by atoms with van der Waals surface area (Å²) in [5.74, 6) is 0.805.